The number of hydrogen-bond donors (Lipinski definition) is 1. The van der Waals surface area contributed by atoms with Crippen molar-refractivity contribution in [2.75, 3.05) is 20.1 Å². The number of carbonyl (C=O) groups excluding carboxylic acids is 2. The molecular weight excluding hydrogens is 402 g/mol. The molecule has 158 valence electrons. The fourth-order valence-electron chi connectivity index (χ4n) is 4.17. The summed E-state index contributed by atoms with van der Waals surface area (Å²) in [7, 11) is -2.07. The lowest BCUT2D eigenvalue weighted by atomic mass is 9.93. The molecule has 2 aliphatic rings. The van der Waals surface area contributed by atoms with Crippen LogP contribution in [0.5, 0.6) is 0 Å². The van der Waals surface area contributed by atoms with Crippen LogP contribution in [0.4, 0.5) is 0 Å². The first-order chi connectivity index (χ1) is 14.4. The highest BCUT2D eigenvalue weighted by atomic mass is 32.2. The zero-order chi connectivity index (χ0) is 21.3. The van der Waals surface area contributed by atoms with Gasteiger partial charge < -0.3 is 10.2 Å². The molecule has 1 fully saturated rings. The molecule has 30 heavy (non-hydrogen) atoms. The summed E-state index contributed by atoms with van der Waals surface area (Å²) in [5, 5.41) is 2.64. The Kier molecular flexibility index (Phi) is 5.62. The molecule has 8 heteroatoms. The van der Waals surface area contributed by atoms with E-state index in [1.165, 1.54) is 21.3 Å². The number of likely N-dealkylation sites (N-methyl/N-ethyl adjacent to an activating group) is 1. The maximum atomic E-state index is 13.4. The van der Waals surface area contributed by atoms with Gasteiger partial charge in [-0.25, -0.2) is 8.42 Å². The first-order valence-corrected chi connectivity index (χ1v) is 11.6. The van der Waals surface area contributed by atoms with Crippen molar-refractivity contribution in [3.8, 4) is 0 Å². The molecule has 1 atom stereocenters. The number of benzene rings is 2. The summed E-state index contributed by atoms with van der Waals surface area (Å²) in [6.45, 7) is 1.31. The van der Waals surface area contributed by atoms with Crippen LogP contribution in [0.25, 0.3) is 0 Å². The van der Waals surface area contributed by atoms with E-state index in [0.717, 1.165) is 24.0 Å². The Morgan fingerprint density at radius 3 is 2.40 bits per heavy atom. The van der Waals surface area contributed by atoms with Gasteiger partial charge >= 0.3 is 0 Å². The lowest BCUT2D eigenvalue weighted by Gasteiger charge is -2.36. The number of sulfonamides is 1. The van der Waals surface area contributed by atoms with Gasteiger partial charge in [-0.15, -0.1) is 0 Å². The Balaban J connectivity index is 1.67. The van der Waals surface area contributed by atoms with Crippen molar-refractivity contribution in [2.45, 2.75) is 36.7 Å². The van der Waals surface area contributed by atoms with Crippen LogP contribution in [0.2, 0.25) is 0 Å². The van der Waals surface area contributed by atoms with Crippen LogP contribution >= 0.6 is 0 Å². The van der Waals surface area contributed by atoms with Crippen LogP contribution in [0.15, 0.2) is 53.4 Å². The Bertz CT molecular complexity index is 1080. The molecule has 0 radical (unpaired) electrons. The van der Waals surface area contributed by atoms with E-state index >= 15 is 0 Å². The fraction of sp³-hybridized carbons (Fsp3) is 0.364. The van der Waals surface area contributed by atoms with E-state index in [1.54, 1.807) is 19.2 Å². The summed E-state index contributed by atoms with van der Waals surface area (Å²) in [5.74, 6) is -0.588. The van der Waals surface area contributed by atoms with E-state index in [-0.39, 0.29) is 22.3 Å². The van der Waals surface area contributed by atoms with Gasteiger partial charge in [-0.2, -0.15) is 4.31 Å². The first-order valence-electron chi connectivity index (χ1n) is 10.1. The van der Waals surface area contributed by atoms with Gasteiger partial charge in [-0.05, 0) is 42.2 Å². The molecule has 2 heterocycles. The molecule has 2 amide bonds. The maximum Gasteiger partial charge on any atom is 0.254 e. The molecular formula is C22H25N3O4S. The van der Waals surface area contributed by atoms with Crippen molar-refractivity contribution < 1.29 is 18.0 Å². The Morgan fingerprint density at radius 2 is 1.70 bits per heavy atom. The second-order valence-corrected chi connectivity index (χ2v) is 9.61. The molecule has 2 aromatic carbocycles. The lowest BCUT2D eigenvalue weighted by molar-refractivity contribution is -0.125. The van der Waals surface area contributed by atoms with Crippen molar-refractivity contribution in [2.24, 2.45) is 0 Å². The highest BCUT2D eigenvalue weighted by molar-refractivity contribution is 7.89. The SMILES string of the molecule is CNC(=O)C1Cc2ccccc2CN1C(=O)c1cccc(S(=O)(=O)N2CCCC2)c1. The summed E-state index contributed by atoms with van der Waals surface area (Å²) >= 11 is 0. The van der Waals surface area contributed by atoms with E-state index in [4.69, 9.17) is 0 Å². The van der Waals surface area contributed by atoms with Gasteiger partial charge in [-0.3, -0.25) is 9.59 Å². The third-order valence-corrected chi connectivity index (χ3v) is 7.74. The minimum absolute atomic E-state index is 0.115. The normalized spacial score (nSPS) is 19.4. The maximum absolute atomic E-state index is 13.4. The zero-order valence-corrected chi connectivity index (χ0v) is 17.7. The van der Waals surface area contributed by atoms with Gasteiger partial charge in [0.15, 0.2) is 0 Å². The number of carbonyl (C=O) groups is 2. The highest BCUT2D eigenvalue weighted by Gasteiger charge is 2.35. The fourth-order valence-corrected chi connectivity index (χ4v) is 5.73. The number of fused-ring (bicyclic) bond motifs is 1. The lowest BCUT2D eigenvalue weighted by Crippen LogP contribution is -2.51. The molecule has 4 rings (SSSR count). The van der Waals surface area contributed by atoms with Crippen molar-refractivity contribution in [1.82, 2.24) is 14.5 Å². The molecule has 2 aromatic rings. The number of nitrogens with one attached hydrogen (secondary N) is 1. The molecule has 1 N–H and O–H groups in total. The van der Waals surface area contributed by atoms with Crippen molar-refractivity contribution in [1.29, 1.82) is 0 Å². The molecule has 0 saturated carbocycles. The van der Waals surface area contributed by atoms with Gasteiger partial charge in [0.05, 0.1) is 4.90 Å². The van der Waals surface area contributed by atoms with Gasteiger partial charge in [-0.1, -0.05) is 30.3 Å². The smallest absolute Gasteiger partial charge is 0.254 e. The van der Waals surface area contributed by atoms with E-state index in [2.05, 4.69) is 5.32 Å². The van der Waals surface area contributed by atoms with Crippen LogP contribution < -0.4 is 5.32 Å². The summed E-state index contributed by atoms with van der Waals surface area (Å²) in [5.41, 5.74) is 2.30. The van der Waals surface area contributed by atoms with Gasteiger partial charge in [0.2, 0.25) is 15.9 Å². The third kappa shape index (κ3) is 3.73. The average Bonchev–Trinajstić information content (AvgIpc) is 3.33. The highest BCUT2D eigenvalue weighted by Crippen LogP contribution is 2.27. The molecule has 0 bridgehead atoms. The van der Waals surface area contributed by atoms with Gasteiger partial charge in [0, 0.05) is 38.7 Å². The van der Waals surface area contributed by atoms with Crippen LogP contribution in [0.3, 0.4) is 0 Å². The second kappa shape index (κ2) is 8.20. The van der Waals surface area contributed by atoms with Gasteiger partial charge in [0.25, 0.3) is 5.91 Å². The number of nitrogens with zero attached hydrogens (tertiary/aromatic N) is 2. The predicted octanol–water partition coefficient (Wildman–Crippen LogP) is 1.78. The van der Waals surface area contributed by atoms with Crippen LogP contribution in [0, 0.1) is 0 Å². The van der Waals surface area contributed by atoms with Gasteiger partial charge in [0.1, 0.15) is 6.04 Å². The summed E-state index contributed by atoms with van der Waals surface area (Å²) in [4.78, 5) is 27.5. The Morgan fingerprint density at radius 1 is 1.00 bits per heavy atom. The number of rotatable bonds is 4. The zero-order valence-electron chi connectivity index (χ0n) is 16.9. The van der Waals surface area contributed by atoms with E-state index in [0.29, 0.717) is 26.1 Å². The van der Waals surface area contributed by atoms with E-state index in [1.807, 2.05) is 24.3 Å². The Hall–Kier alpha value is -2.71. The predicted molar refractivity (Wildman–Crippen MR) is 112 cm³/mol. The minimum atomic E-state index is -3.63. The molecule has 7 nitrogen and oxygen atoms in total. The monoisotopic (exact) mass is 427 g/mol. The van der Waals surface area contributed by atoms with Crippen LogP contribution in [0.1, 0.15) is 34.3 Å². The van der Waals surface area contributed by atoms with Crippen LogP contribution in [-0.2, 0) is 27.8 Å². The van der Waals surface area contributed by atoms with Crippen LogP contribution in [-0.4, -0.2) is 55.6 Å². The minimum Gasteiger partial charge on any atom is -0.357 e. The molecule has 0 aromatic heterocycles. The average molecular weight is 428 g/mol. The third-order valence-electron chi connectivity index (χ3n) is 5.84. The first kappa shape index (κ1) is 20.6. The number of amides is 2. The summed E-state index contributed by atoms with van der Waals surface area (Å²) in [6, 6.07) is 13.2. The molecule has 1 saturated heterocycles. The molecule has 1 unspecified atom stereocenters. The van der Waals surface area contributed by atoms with Crippen molar-refractivity contribution in [3.05, 3.63) is 65.2 Å². The Labute approximate surface area is 176 Å². The summed E-state index contributed by atoms with van der Waals surface area (Å²) in [6.07, 6.45) is 2.12. The van der Waals surface area contributed by atoms with E-state index < -0.39 is 16.1 Å². The standard InChI is InChI=1S/C22H25N3O4S/c1-23-21(26)20-14-16-7-2-3-8-18(16)15-25(20)22(27)17-9-6-10-19(13-17)30(28,29)24-11-4-5-12-24/h2-3,6-10,13,20H,4-5,11-12,14-15H2,1H3,(H,23,26). The summed E-state index contributed by atoms with van der Waals surface area (Å²) < 4.78 is 27.3. The molecule has 2 aliphatic heterocycles. The molecule has 0 spiro atoms. The largest absolute Gasteiger partial charge is 0.357 e. The molecule has 0 aliphatic carbocycles. The van der Waals surface area contributed by atoms with E-state index in [9.17, 15) is 18.0 Å². The quantitative estimate of drug-likeness (QED) is 0.806. The van der Waals surface area contributed by atoms with Crippen molar-refractivity contribution >= 4 is 21.8 Å². The number of hydrogen-bond acceptors (Lipinski definition) is 4. The topological polar surface area (TPSA) is 86.8 Å². The second-order valence-electron chi connectivity index (χ2n) is 7.67. The van der Waals surface area contributed by atoms with Crippen molar-refractivity contribution in [3.63, 3.8) is 0 Å².